The first-order chi connectivity index (χ1) is 13.4. The van der Waals surface area contributed by atoms with Crippen LogP contribution in [0.25, 0.3) is 0 Å². The van der Waals surface area contributed by atoms with Crippen LogP contribution in [0.1, 0.15) is 52.0 Å². The number of nitrogens with one attached hydrogen (secondary N) is 1. The number of aliphatic imine (C=N–C) groups is 1. The lowest BCUT2D eigenvalue weighted by atomic mass is 9.75. The van der Waals surface area contributed by atoms with E-state index in [9.17, 15) is 22.4 Å². The zero-order chi connectivity index (χ0) is 21.4. The maximum atomic E-state index is 14.0. The zero-order valence-electron chi connectivity index (χ0n) is 16.8. The van der Waals surface area contributed by atoms with Gasteiger partial charge in [0, 0.05) is 5.71 Å². The van der Waals surface area contributed by atoms with Crippen molar-refractivity contribution in [3.05, 3.63) is 29.6 Å². The lowest BCUT2D eigenvalue weighted by molar-refractivity contribution is -0.161. The summed E-state index contributed by atoms with van der Waals surface area (Å²) >= 11 is 0. The molecule has 0 spiro atoms. The number of nitrogens with zero attached hydrogens (tertiary/aromatic N) is 1. The molecule has 0 aromatic heterocycles. The summed E-state index contributed by atoms with van der Waals surface area (Å²) in [6, 6.07) is 4.49. The van der Waals surface area contributed by atoms with Crippen LogP contribution in [0.4, 0.5) is 23.2 Å². The minimum atomic E-state index is -4.46. The Morgan fingerprint density at radius 2 is 2.03 bits per heavy atom. The summed E-state index contributed by atoms with van der Waals surface area (Å²) in [4.78, 5) is 17.4. The Hall–Kier alpha value is -1.96. The number of hydrogen-bond donors (Lipinski definition) is 1. The van der Waals surface area contributed by atoms with E-state index in [0.717, 1.165) is 19.3 Å². The summed E-state index contributed by atoms with van der Waals surface area (Å²) in [5, 5.41) is 2.58. The molecule has 1 aromatic rings. The molecule has 29 heavy (non-hydrogen) atoms. The van der Waals surface area contributed by atoms with Crippen molar-refractivity contribution in [2.24, 2.45) is 10.4 Å². The number of hydrogen-bond acceptors (Lipinski definition) is 3. The molecule has 1 N–H and O–H groups in total. The molecular formula is C21H26F4N2O2. The largest absolute Gasteiger partial charge is 0.391 e. The number of para-hydroxylation sites is 1. The van der Waals surface area contributed by atoms with Gasteiger partial charge in [0.15, 0.2) is 0 Å². The number of benzene rings is 1. The summed E-state index contributed by atoms with van der Waals surface area (Å²) in [5.74, 6) is -1.06. The predicted molar refractivity (Wildman–Crippen MR) is 102 cm³/mol. The molecule has 2 unspecified atom stereocenters. The Bertz CT molecular complexity index is 819. The van der Waals surface area contributed by atoms with Gasteiger partial charge in [-0.15, -0.1) is 0 Å². The normalized spacial score (nSPS) is 24.2. The number of amides is 1. The lowest BCUT2D eigenvalue weighted by Crippen LogP contribution is -2.58. The van der Waals surface area contributed by atoms with Crippen molar-refractivity contribution in [2.75, 3.05) is 6.61 Å². The van der Waals surface area contributed by atoms with Gasteiger partial charge < -0.3 is 10.1 Å². The molecule has 3 rings (SSSR count). The van der Waals surface area contributed by atoms with Crippen molar-refractivity contribution in [3.8, 4) is 0 Å². The standard InChI is InChI=1S/C21H26F4N2O2/c1-13-20(3,10-14-6-4-9-16(22)17(14)26-13)18(28)27-19(2,11-21(23,24)25)12-29-15-7-5-8-15/h4,6,9,15H,5,7-8,10-12H2,1-3H3,(H,27,28). The highest BCUT2D eigenvalue weighted by atomic mass is 19.4. The highest BCUT2D eigenvalue weighted by Gasteiger charge is 2.46. The van der Waals surface area contributed by atoms with E-state index >= 15 is 0 Å². The molecule has 1 aromatic carbocycles. The smallest absolute Gasteiger partial charge is 0.376 e. The molecule has 1 fully saturated rings. The SMILES string of the molecule is CC1=Nc2c(F)cccc2CC1(C)C(=O)NC(C)(COC1CCC1)CC(F)(F)F. The summed E-state index contributed by atoms with van der Waals surface area (Å²) in [6.07, 6.45) is -2.91. The maximum Gasteiger partial charge on any atom is 0.391 e. The molecule has 4 nitrogen and oxygen atoms in total. The van der Waals surface area contributed by atoms with E-state index in [2.05, 4.69) is 10.3 Å². The number of carbonyl (C=O) groups is 1. The monoisotopic (exact) mass is 414 g/mol. The second kappa shape index (κ2) is 7.70. The first-order valence-corrected chi connectivity index (χ1v) is 9.76. The van der Waals surface area contributed by atoms with Gasteiger partial charge in [-0.1, -0.05) is 12.1 Å². The molecule has 1 amide bonds. The van der Waals surface area contributed by atoms with Gasteiger partial charge in [-0.2, -0.15) is 13.2 Å². The molecule has 1 saturated carbocycles. The third-order valence-electron chi connectivity index (χ3n) is 5.89. The summed E-state index contributed by atoms with van der Waals surface area (Å²) in [6.45, 7) is 4.35. The first-order valence-electron chi connectivity index (χ1n) is 9.76. The summed E-state index contributed by atoms with van der Waals surface area (Å²) in [7, 11) is 0. The molecule has 1 aliphatic carbocycles. The molecule has 0 saturated heterocycles. The minimum absolute atomic E-state index is 0.0529. The molecule has 8 heteroatoms. The van der Waals surface area contributed by atoms with E-state index in [0.29, 0.717) is 11.3 Å². The van der Waals surface area contributed by atoms with Gasteiger partial charge in [0.1, 0.15) is 11.5 Å². The van der Waals surface area contributed by atoms with Crippen LogP contribution < -0.4 is 5.32 Å². The number of ether oxygens (including phenoxy) is 1. The summed E-state index contributed by atoms with van der Waals surface area (Å²) < 4.78 is 59.3. The van der Waals surface area contributed by atoms with E-state index in [4.69, 9.17) is 4.74 Å². The second-order valence-corrected chi connectivity index (χ2v) is 8.62. The number of halogens is 4. The van der Waals surface area contributed by atoms with Crippen LogP contribution >= 0.6 is 0 Å². The van der Waals surface area contributed by atoms with Gasteiger partial charge in [0.2, 0.25) is 5.91 Å². The van der Waals surface area contributed by atoms with Crippen LogP contribution in [-0.4, -0.2) is 36.0 Å². The van der Waals surface area contributed by atoms with Gasteiger partial charge in [-0.3, -0.25) is 9.79 Å². The Labute approximate surface area is 167 Å². The summed E-state index contributed by atoms with van der Waals surface area (Å²) in [5.41, 5.74) is -1.68. The Balaban J connectivity index is 1.81. The van der Waals surface area contributed by atoms with Crippen LogP contribution in [0.5, 0.6) is 0 Å². The van der Waals surface area contributed by atoms with Crippen LogP contribution in [0.3, 0.4) is 0 Å². The minimum Gasteiger partial charge on any atom is -0.376 e. The molecular weight excluding hydrogens is 388 g/mol. The van der Waals surface area contributed by atoms with E-state index in [1.54, 1.807) is 19.9 Å². The van der Waals surface area contributed by atoms with E-state index in [-0.39, 0.29) is 24.8 Å². The molecule has 160 valence electrons. The van der Waals surface area contributed by atoms with E-state index < -0.39 is 35.3 Å². The molecule has 2 aliphatic rings. The van der Waals surface area contributed by atoms with Crippen molar-refractivity contribution < 1.29 is 27.1 Å². The van der Waals surface area contributed by atoms with Crippen LogP contribution in [0, 0.1) is 11.2 Å². The molecule has 1 aliphatic heterocycles. The second-order valence-electron chi connectivity index (χ2n) is 8.62. The Morgan fingerprint density at radius 3 is 2.62 bits per heavy atom. The van der Waals surface area contributed by atoms with Crippen molar-refractivity contribution in [2.45, 2.75) is 70.7 Å². The van der Waals surface area contributed by atoms with Gasteiger partial charge in [-0.05, 0) is 58.1 Å². The third-order valence-corrected chi connectivity index (χ3v) is 5.89. The van der Waals surface area contributed by atoms with Crippen molar-refractivity contribution in [1.29, 1.82) is 0 Å². The number of carbonyl (C=O) groups excluding carboxylic acids is 1. The fourth-order valence-electron chi connectivity index (χ4n) is 3.70. The topological polar surface area (TPSA) is 50.7 Å². The van der Waals surface area contributed by atoms with Crippen molar-refractivity contribution in [3.63, 3.8) is 0 Å². The average molecular weight is 414 g/mol. The van der Waals surface area contributed by atoms with Gasteiger partial charge in [0.25, 0.3) is 0 Å². The number of rotatable bonds is 6. The first kappa shape index (κ1) is 21.7. The fourth-order valence-corrected chi connectivity index (χ4v) is 3.70. The van der Waals surface area contributed by atoms with Crippen molar-refractivity contribution >= 4 is 17.3 Å². The van der Waals surface area contributed by atoms with Crippen molar-refractivity contribution in [1.82, 2.24) is 5.32 Å². The van der Waals surface area contributed by atoms with Gasteiger partial charge in [-0.25, -0.2) is 4.39 Å². The number of alkyl halides is 3. The molecule has 0 bridgehead atoms. The highest BCUT2D eigenvalue weighted by Crippen LogP contribution is 2.39. The van der Waals surface area contributed by atoms with Crippen LogP contribution in [-0.2, 0) is 16.0 Å². The third kappa shape index (κ3) is 4.79. The fraction of sp³-hybridized carbons (Fsp3) is 0.619. The lowest BCUT2D eigenvalue weighted by Gasteiger charge is -2.39. The number of fused-ring (bicyclic) bond motifs is 1. The Kier molecular flexibility index (Phi) is 5.77. The van der Waals surface area contributed by atoms with Crippen LogP contribution in [0.15, 0.2) is 23.2 Å². The van der Waals surface area contributed by atoms with Gasteiger partial charge >= 0.3 is 6.18 Å². The molecule has 0 radical (unpaired) electrons. The zero-order valence-corrected chi connectivity index (χ0v) is 16.8. The van der Waals surface area contributed by atoms with E-state index in [1.165, 1.54) is 19.1 Å². The predicted octanol–water partition coefficient (Wildman–Crippen LogP) is 4.88. The Morgan fingerprint density at radius 1 is 1.34 bits per heavy atom. The average Bonchev–Trinajstić information content (AvgIpc) is 2.53. The van der Waals surface area contributed by atoms with Crippen LogP contribution in [0.2, 0.25) is 0 Å². The van der Waals surface area contributed by atoms with Gasteiger partial charge in [0.05, 0.1) is 30.1 Å². The highest BCUT2D eigenvalue weighted by molar-refractivity contribution is 6.09. The molecule has 2 atom stereocenters. The quantitative estimate of drug-likeness (QED) is 0.675. The molecule has 1 heterocycles. The van der Waals surface area contributed by atoms with E-state index in [1.807, 2.05) is 0 Å². The maximum absolute atomic E-state index is 14.0.